The lowest BCUT2D eigenvalue weighted by Gasteiger charge is -2.14. The monoisotopic (exact) mass is 430 g/mol. The highest BCUT2D eigenvalue weighted by Crippen LogP contribution is 2.38. The summed E-state index contributed by atoms with van der Waals surface area (Å²) < 4.78 is 51.6. The number of carbonyl (C=O) groups is 1. The second kappa shape index (κ2) is 9.55. The number of hydrogen-bond donors (Lipinski definition) is 1. The average Bonchev–Trinajstić information content (AvgIpc) is 2.71. The minimum absolute atomic E-state index is 0.0482. The molecule has 3 aromatic rings. The summed E-state index contributed by atoms with van der Waals surface area (Å²) >= 11 is 0. The van der Waals surface area contributed by atoms with Crippen LogP contribution in [0.25, 0.3) is 11.1 Å². The number of rotatable bonds is 8. The van der Waals surface area contributed by atoms with Gasteiger partial charge in [0, 0.05) is 6.07 Å². The SMILES string of the molecule is CCCOc1cc(CC(=O)O)cc(Oc2cccc(-c3ccccc3C(F)(F)F)c2)c1. The van der Waals surface area contributed by atoms with Crippen LogP contribution in [0.5, 0.6) is 17.2 Å². The lowest BCUT2D eigenvalue weighted by Crippen LogP contribution is -2.06. The second-order valence-electron chi connectivity index (χ2n) is 6.90. The predicted molar refractivity (Wildman–Crippen MR) is 111 cm³/mol. The molecule has 0 aliphatic heterocycles. The van der Waals surface area contributed by atoms with E-state index in [1.807, 2.05) is 6.92 Å². The molecule has 0 aliphatic carbocycles. The van der Waals surface area contributed by atoms with Crippen molar-refractivity contribution in [2.45, 2.75) is 25.9 Å². The number of hydrogen-bond acceptors (Lipinski definition) is 3. The fraction of sp³-hybridized carbons (Fsp3) is 0.208. The van der Waals surface area contributed by atoms with Crippen molar-refractivity contribution in [3.8, 4) is 28.4 Å². The second-order valence-corrected chi connectivity index (χ2v) is 6.90. The summed E-state index contributed by atoms with van der Waals surface area (Å²) in [6.07, 6.45) is -3.91. The molecule has 162 valence electrons. The number of benzene rings is 3. The van der Waals surface area contributed by atoms with Crippen LogP contribution >= 0.6 is 0 Å². The van der Waals surface area contributed by atoms with E-state index in [9.17, 15) is 18.0 Å². The van der Waals surface area contributed by atoms with Crippen molar-refractivity contribution in [3.05, 3.63) is 77.9 Å². The van der Waals surface area contributed by atoms with E-state index >= 15 is 0 Å². The summed E-state index contributed by atoms with van der Waals surface area (Å²) in [4.78, 5) is 11.1. The lowest BCUT2D eigenvalue weighted by molar-refractivity contribution is -0.137. The molecule has 0 aromatic heterocycles. The van der Waals surface area contributed by atoms with E-state index in [0.29, 0.717) is 35.0 Å². The van der Waals surface area contributed by atoms with Crippen molar-refractivity contribution in [3.63, 3.8) is 0 Å². The molecule has 0 saturated carbocycles. The summed E-state index contributed by atoms with van der Waals surface area (Å²) in [5.74, 6) is 0.132. The van der Waals surface area contributed by atoms with Gasteiger partial charge >= 0.3 is 12.1 Å². The molecule has 0 spiro atoms. The molecule has 31 heavy (non-hydrogen) atoms. The normalized spacial score (nSPS) is 11.2. The molecule has 0 saturated heterocycles. The van der Waals surface area contributed by atoms with Gasteiger partial charge in [0.2, 0.25) is 0 Å². The zero-order valence-electron chi connectivity index (χ0n) is 16.8. The summed E-state index contributed by atoms with van der Waals surface area (Å²) in [7, 11) is 0. The summed E-state index contributed by atoms with van der Waals surface area (Å²) in [6.45, 7) is 2.41. The Morgan fingerprint density at radius 2 is 1.68 bits per heavy atom. The molecule has 0 radical (unpaired) electrons. The Labute approximate surface area is 177 Å². The van der Waals surface area contributed by atoms with Gasteiger partial charge in [-0.3, -0.25) is 4.79 Å². The number of carboxylic acid groups (broad SMARTS) is 1. The molecule has 0 unspecified atom stereocenters. The van der Waals surface area contributed by atoms with E-state index < -0.39 is 17.7 Å². The van der Waals surface area contributed by atoms with Crippen LogP contribution in [0.1, 0.15) is 24.5 Å². The van der Waals surface area contributed by atoms with Crippen LogP contribution in [-0.2, 0) is 17.4 Å². The van der Waals surface area contributed by atoms with Crippen LogP contribution in [0, 0.1) is 0 Å². The highest BCUT2D eigenvalue weighted by molar-refractivity contribution is 5.71. The van der Waals surface area contributed by atoms with Gasteiger partial charge in [0.15, 0.2) is 0 Å². The van der Waals surface area contributed by atoms with Gasteiger partial charge in [-0.25, -0.2) is 0 Å². The molecule has 0 bridgehead atoms. The van der Waals surface area contributed by atoms with Gasteiger partial charge in [-0.2, -0.15) is 13.2 Å². The minimum Gasteiger partial charge on any atom is -0.493 e. The minimum atomic E-state index is -4.48. The zero-order chi connectivity index (χ0) is 22.4. The Balaban J connectivity index is 1.93. The maximum atomic E-state index is 13.4. The van der Waals surface area contributed by atoms with Crippen molar-refractivity contribution in [1.82, 2.24) is 0 Å². The highest BCUT2D eigenvalue weighted by atomic mass is 19.4. The van der Waals surface area contributed by atoms with E-state index in [0.717, 1.165) is 12.5 Å². The molecule has 0 heterocycles. The Kier molecular flexibility index (Phi) is 6.84. The lowest BCUT2D eigenvalue weighted by atomic mass is 9.99. The topological polar surface area (TPSA) is 55.8 Å². The van der Waals surface area contributed by atoms with Gasteiger partial charge in [0.05, 0.1) is 18.6 Å². The largest absolute Gasteiger partial charge is 0.493 e. The van der Waals surface area contributed by atoms with E-state index in [2.05, 4.69) is 0 Å². The summed E-state index contributed by atoms with van der Waals surface area (Å²) in [5.41, 5.74) is 0.169. The highest BCUT2D eigenvalue weighted by Gasteiger charge is 2.33. The van der Waals surface area contributed by atoms with Gasteiger partial charge in [-0.05, 0) is 53.4 Å². The maximum Gasteiger partial charge on any atom is 0.417 e. The molecular weight excluding hydrogens is 409 g/mol. The average molecular weight is 430 g/mol. The van der Waals surface area contributed by atoms with Crippen LogP contribution < -0.4 is 9.47 Å². The fourth-order valence-corrected chi connectivity index (χ4v) is 3.11. The van der Waals surface area contributed by atoms with Crippen LogP contribution in [0.3, 0.4) is 0 Å². The number of aliphatic carboxylic acids is 1. The van der Waals surface area contributed by atoms with Gasteiger partial charge in [-0.15, -0.1) is 0 Å². The van der Waals surface area contributed by atoms with Crippen LogP contribution in [-0.4, -0.2) is 17.7 Å². The van der Waals surface area contributed by atoms with Crippen molar-refractivity contribution in [1.29, 1.82) is 0 Å². The predicted octanol–water partition coefficient (Wildman–Crippen LogP) is 6.58. The third-order valence-electron chi connectivity index (χ3n) is 4.38. The van der Waals surface area contributed by atoms with Crippen LogP contribution in [0.15, 0.2) is 66.7 Å². The van der Waals surface area contributed by atoms with Crippen LogP contribution in [0.4, 0.5) is 13.2 Å². The quantitative estimate of drug-likeness (QED) is 0.439. The van der Waals surface area contributed by atoms with E-state index in [1.54, 1.807) is 42.5 Å². The van der Waals surface area contributed by atoms with Gasteiger partial charge < -0.3 is 14.6 Å². The number of carboxylic acids is 1. The number of halogens is 3. The van der Waals surface area contributed by atoms with Crippen molar-refractivity contribution in [2.75, 3.05) is 6.61 Å². The Morgan fingerprint density at radius 3 is 2.39 bits per heavy atom. The zero-order valence-corrected chi connectivity index (χ0v) is 16.8. The molecule has 4 nitrogen and oxygen atoms in total. The van der Waals surface area contributed by atoms with E-state index in [4.69, 9.17) is 14.6 Å². The van der Waals surface area contributed by atoms with Gasteiger partial charge in [0.25, 0.3) is 0 Å². The number of alkyl halides is 3. The maximum absolute atomic E-state index is 13.4. The van der Waals surface area contributed by atoms with Crippen LogP contribution in [0.2, 0.25) is 0 Å². The molecule has 0 fully saturated rings. The third kappa shape index (κ3) is 6.01. The Morgan fingerprint density at radius 1 is 0.935 bits per heavy atom. The first-order valence-corrected chi connectivity index (χ1v) is 9.69. The molecule has 7 heteroatoms. The van der Waals surface area contributed by atoms with E-state index in [-0.39, 0.29) is 12.0 Å². The molecular formula is C24H21F3O4. The van der Waals surface area contributed by atoms with Gasteiger partial charge in [-0.1, -0.05) is 37.3 Å². The molecule has 0 aliphatic rings. The molecule has 3 rings (SSSR count). The van der Waals surface area contributed by atoms with Crippen molar-refractivity contribution >= 4 is 5.97 Å². The van der Waals surface area contributed by atoms with Crippen molar-refractivity contribution in [2.24, 2.45) is 0 Å². The summed E-state index contributed by atoms with van der Waals surface area (Å²) in [6, 6.07) is 16.5. The summed E-state index contributed by atoms with van der Waals surface area (Å²) in [5, 5.41) is 9.10. The molecule has 0 atom stereocenters. The third-order valence-corrected chi connectivity index (χ3v) is 4.38. The fourth-order valence-electron chi connectivity index (χ4n) is 3.11. The first-order chi connectivity index (χ1) is 14.8. The van der Waals surface area contributed by atoms with Crippen molar-refractivity contribution < 1.29 is 32.5 Å². The Hall–Kier alpha value is -3.48. The van der Waals surface area contributed by atoms with E-state index in [1.165, 1.54) is 18.2 Å². The molecule has 1 N–H and O–H groups in total. The Bertz CT molecular complexity index is 1060. The number of ether oxygens (including phenoxy) is 2. The molecule has 3 aromatic carbocycles. The van der Waals surface area contributed by atoms with Gasteiger partial charge in [0.1, 0.15) is 17.2 Å². The first-order valence-electron chi connectivity index (χ1n) is 9.69. The molecule has 0 amide bonds. The standard InChI is InChI=1S/C24H21F3O4/c1-2-10-30-19-11-16(13-23(28)29)12-20(15-19)31-18-7-5-6-17(14-18)21-8-3-4-9-22(21)24(25,26)27/h3-9,11-12,14-15H,2,10,13H2,1H3,(H,28,29). The first kappa shape index (κ1) is 22.2. The smallest absolute Gasteiger partial charge is 0.417 e.